The number of hydrogen-bond acceptors (Lipinski definition) is 1. The van der Waals surface area contributed by atoms with E-state index in [1.165, 1.54) is 44.3 Å². The Kier molecular flexibility index (Phi) is 4.45. The van der Waals surface area contributed by atoms with Crippen LogP contribution < -0.4 is 0 Å². The van der Waals surface area contributed by atoms with Gasteiger partial charge < -0.3 is 0 Å². The van der Waals surface area contributed by atoms with E-state index >= 15 is 0 Å². The number of likely N-dealkylation sites (tertiary alicyclic amines) is 1. The highest BCUT2D eigenvalue weighted by molar-refractivity contribution is 5.20. The molecule has 1 fully saturated rings. The minimum Gasteiger partial charge on any atom is -0.297 e. The van der Waals surface area contributed by atoms with Crippen LogP contribution in [0, 0.1) is 5.41 Å². The molecule has 1 atom stereocenters. The van der Waals surface area contributed by atoms with Gasteiger partial charge in [-0.3, -0.25) is 4.90 Å². The van der Waals surface area contributed by atoms with Crippen molar-refractivity contribution in [2.75, 3.05) is 13.1 Å². The van der Waals surface area contributed by atoms with E-state index in [1.54, 1.807) is 0 Å². The maximum atomic E-state index is 2.65. The molecule has 2 rings (SSSR count). The molecule has 1 aliphatic rings. The van der Waals surface area contributed by atoms with Gasteiger partial charge in [0.2, 0.25) is 0 Å². The number of nitrogens with zero attached hydrogens (tertiary/aromatic N) is 1. The molecule has 1 saturated heterocycles. The minimum atomic E-state index is 0.576. The fraction of sp³-hybridized carbons (Fsp3) is 0.647. The molecule has 0 aromatic heterocycles. The first-order chi connectivity index (χ1) is 8.74. The smallest absolute Gasteiger partial charge is 0.0353 e. The fourth-order valence-corrected chi connectivity index (χ4v) is 3.45. The molecule has 0 spiro atoms. The molecule has 0 saturated carbocycles. The van der Waals surface area contributed by atoms with Gasteiger partial charge in [0.05, 0.1) is 0 Å². The van der Waals surface area contributed by atoms with E-state index in [9.17, 15) is 0 Å². The van der Waals surface area contributed by atoms with E-state index < -0.39 is 0 Å². The van der Waals surface area contributed by atoms with E-state index in [2.05, 4.69) is 56.0 Å². The lowest BCUT2D eigenvalue weighted by molar-refractivity contribution is 0.0457. The molecule has 1 heteroatoms. The van der Waals surface area contributed by atoms with Gasteiger partial charge >= 0.3 is 0 Å². The molecule has 18 heavy (non-hydrogen) atoms. The summed E-state index contributed by atoms with van der Waals surface area (Å²) in [5.41, 5.74) is 2.08. The number of rotatable bonds is 4. The van der Waals surface area contributed by atoms with Crippen molar-refractivity contribution >= 4 is 0 Å². The molecule has 1 unspecified atom stereocenters. The zero-order chi connectivity index (χ0) is 13.0. The first-order valence-corrected chi connectivity index (χ1v) is 7.53. The lowest BCUT2D eigenvalue weighted by atomic mass is 9.70. The van der Waals surface area contributed by atoms with Crippen LogP contribution in [0.4, 0.5) is 0 Å². The van der Waals surface area contributed by atoms with Crippen molar-refractivity contribution in [3.63, 3.8) is 0 Å². The van der Waals surface area contributed by atoms with Gasteiger partial charge in [0.25, 0.3) is 0 Å². The molecular weight excluding hydrogens is 218 g/mol. The molecule has 1 nitrogen and oxygen atoms in total. The molecule has 1 heterocycles. The summed E-state index contributed by atoms with van der Waals surface area (Å²) in [5.74, 6) is 0. The highest BCUT2D eigenvalue weighted by Crippen LogP contribution is 2.45. The van der Waals surface area contributed by atoms with Crippen molar-refractivity contribution in [2.24, 2.45) is 5.41 Å². The van der Waals surface area contributed by atoms with Gasteiger partial charge in [0.15, 0.2) is 0 Å². The molecule has 0 radical (unpaired) electrons. The Morgan fingerprint density at radius 1 is 1.11 bits per heavy atom. The molecule has 100 valence electrons. The van der Waals surface area contributed by atoms with Crippen molar-refractivity contribution in [3.8, 4) is 0 Å². The maximum Gasteiger partial charge on any atom is 0.0353 e. The highest BCUT2D eigenvalue weighted by atomic mass is 15.2. The summed E-state index contributed by atoms with van der Waals surface area (Å²) in [7, 11) is 0. The highest BCUT2D eigenvalue weighted by Gasteiger charge is 2.37. The van der Waals surface area contributed by atoms with Gasteiger partial charge in [-0.15, -0.1) is 0 Å². The van der Waals surface area contributed by atoms with Crippen molar-refractivity contribution in [1.29, 1.82) is 0 Å². The second-order valence-electron chi connectivity index (χ2n) is 5.72. The van der Waals surface area contributed by atoms with Crippen LogP contribution in [0.15, 0.2) is 30.3 Å². The molecule has 0 amide bonds. The van der Waals surface area contributed by atoms with Gasteiger partial charge in [-0.25, -0.2) is 0 Å². The van der Waals surface area contributed by atoms with E-state index in [4.69, 9.17) is 0 Å². The van der Waals surface area contributed by atoms with Crippen molar-refractivity contribution in [2.45, 2.75) is 52.5 Å². The van der Waals surface area contributed by atoms with Crippen LogP contribution in [0.5, 0.6) is 0 Å². The summed E-state index contributed by atoms with van der Waals surface area (Å²) >= 11 is 0. The Hall–Kier alpha value is -0.820. The average Bonchev–Trinajstić information content (AvgIpc) is 2.47. The molecule has 1 aromatic carbocycles. The number of benzene rings is 1. The third-order valence-corrected chi connectivity index (χ3v) is 5.09. The summed E-state index contributed by atoms with van der Waals surface area (Å²) in [6.07, 6.45) is 5.35. The quantitative estimate of drug-likeness (QED) is 0.746. The maximum absolute atomic E-state index is 2.65. The molecule has 1 aromatic rings. The Morgan fingerprint density at radius 3 is 2.33 bits per heavy atom. The third kappa shape index (κ3) is 2.61. The normalized spacial score (nSPS) is 24.1. The molecular formula is C17H27N. The van der Waals surface area contributed by atoms with Gasteiger partial charge in [-0.05, 0) is 36.9 Å². The third-order valence-electron chi connectivity index (χ3n) is 5.09. The SMILES string of the molecule is CCN1CCC(CC)(CC)CC1c1ccccc1. The summed E-state index contributed by atoms with van der Waals surface area (Å²) < 4.78 is 0. The first kappa shape index (κ1) is 13.6. The van der Waals surface area contributed by atoms with Crippen LogP contribution in [0.2, 0.25) is 0 Å². The second kappa shape index (κ2) is 5.88. The summed E-state index contributed by atoms with van der Waals surface area (Å²) in [4.78, 5) is 2.65. The van der Waals surface area contributed by atoms with Gasteiger partial charge in [-0.1, -0.05) is 63.9 Å². The van der Waals surface area contributed by atoms with Crippen LogP contribution in [-0.4, -0.2) is 18.0 Å². The van der Waals surface area contributed by atoms with Crippen molar-refractivity contribution in [3.05, 3.63) is 35.9 Å². The lowest BCUT2D eigenvalue weighted by Gasteiger charge is -2.46. The van der Waals surface area contributed by atoms with Crippen LogP contribution in [0.25, 0.3) is 0 Å². The number of hydrogen-bond donors (Lipinski definition) is 0. The molecule has 1 aliphatic heterocycles. The fourth-order valence-electron chi connectivity index (χ4n) is 3.45. The monoisotopic (exact) mass is 245 g/mol. The zero-order valence-corrected chi connectivity index (χ0v) is 12.2. The largest absolute Gasteiger partial charge is 0.297 e. The van der Waals surface area contributed by atoms with Crippen LogP contribution >= 0.6 is 0 Å². The van der Waals surface area contributed by atoms with Crippen LogP contribution in [-0.2, 0) is 0 Å². The van der Waals surface area contributed by atoms with Gasteiger partial charge in [-0.2, -0.15) is 0 Å². The van der Waals surface area contributed by atoms with Crippen molar-refractivity contribution < 1.29 is 0 Å². The summed E-state index contributed by atoms with van der Waals surface area (Å²) in [5, 5.41) is 0. The Bertz CT molecular complexity index is 353. The standard InChI is InChI=1S/C17H27N/c1-4-17(5-2)12-13-18(6-3)16(14-17)15-10-8-7-9-11-15/h7-11,16H,4-6,12-14H2,1-3H3. The van der Waals surface area contributed by atoms with E-state index in [0.717, 1.165) is 0 Å². The predicted molar refractivity (Wildman–Crippen MR) is 78.7 cm³/mol. The topological polar surface area (TPSA) is 3.24 Å². The molecule has 0 bridgehead atoms. The molecule has 0 N–H and O–H groups in total. The van der Waals surface area contributed by atoms with Crippen LogP contribution in [0.1, 0.15) is 58.1 Å². The Balaban J connectivity index is 2.23. The van der Waals surface area contributed by atoms with E-state index in [1.807, 2.05) is 0 Å². The van der Waals surface area contributed by atoms with Crippen molar-refractivity contribution in [1.82, 2.24) is 4.90 Å². The van der Waals surface area contributed by atoms with E-state index in [0.29, 0.717) is 11.5 Å². The van der Waals surface area contributed by atoms with Gasteiger partial charge in [0.1, 0.15) is 0 Å². The van der Waals surface area contributed by atoms with Crippen LogP contribution in [0.3, 0.4) is 0 Å². The lowest BCUT2D eigenvalue weighted by Crippen LogP contribution is -2.41. The summed E-state index contributed by atoms with van der Waals surface area (Å²) in [6.45, 7) is 9.46. The van der Waals surface area contributed by atoms with Gasteiger partial charge in [0, 0.05) is 6.04 Å². The Labute approximate surface area is 112 Å². The second-order valence-corrected chi connectivity index (χ2v) is 5.72. The number of piperidine rings is 1. The summed E-state index contributed by atoms with van der Waals surface area (Å²) in [6, 6.07) is 11.7. The zero-order valence-electron chi connectivity index (χ0n) is 12.2. The average molecular weight is 245 g/mol. The van der Waals surface area contributed by atoms with E-state index in [-0.39, 0.29) is 0 Å². The predicted octanol–water partition coefficient (Wildman–Crippen LogP) is 4.65. The minimum absolute atomic E-state index is 0.576. The molecule has 0 aliphatic carbocycles. The Morgan fingerprint density at radius 2 is 1.78 bits per heavy atom. The first-order valence-electron chi connectivity index (χ1n) is 7.53.